The maximum Gasteiger partial charge on any atom is 0.157 e. The summed E-state index contributed by atoms with van der Waals surface area (Å²) in [4.78, 5) is 0. The molecule has 0 radical (unpaired) electrons. The van der Waals surface area contributed by atoms with Crippen molar-refractivity contribution in [3.63, 3.8) is 0 Å². The molecule has 2 aliphatic rings. The van der Waals surface area contributed by atoms with E-state index < -0.39 is 0 Å². The number of hydrogen-bond acceptors (Lipinski definition) is 3. The highest BCUT2D eigenvalue weighted by Crippen LogP contribution is 2.29. The molecule has 1 saturated carbocycles. The molecule has 1 unspecified atom stereocenters. The van der Waals surface area contributed by atoms with E-state index in [-0.39, 0.29) is 0 Å². The van der Waals surface area contributed by atoms with Gasteiger partial charge < -0.3 is 10.1 Å². The second-order valence-electron chi connectivity index (χ2n) is 5.55. The zero-order valence-corrected chi connectivity index (χ0v) is 11.0. The van der Waals surface area contributed by atoms with Crippen LogP contribution >= 0.6 is 0 Å². The molecule has 2 heterocycles. The highest BCUT2D eigenvalue weighted by molar-refractivity contribution is 5.12. The molecule has 4 nitrogen and oxygen atoms in total. The lowest BCUT2D eigenvalue weighted by Crippen LogP contribution is -2.38. The molecule has 0 bridgehead atoms. The van der Waals surface area contributed by atoms with E-state index in [4.69, 9.17) is 4.74 Å². The van der Waals surface area contributed by atoms with Crippen LogP contribution in [-0.4, -0.2) is 29.0 Å². The normalized spacial score (nSPS) is 25.4. The topological polar surface area (TPSA) is 39.1 Å². The molecule has 1 atom stereocenters. The van der Waals surface area contributed by atoms with E-state index in [2.05, 4.69) is 21.3 Å². The Morgan fingerprint density at radius 1 is 1.22 bits per heavy atom. The minimum Gasteiger partial charge on any atom is -0.489 e. The molecule has 4 heteroatoms. The van der Waals surface area contributed by atoms with Gasteiger partial charge in [-0.1, -0.05) is 19.3 Å². The van der Waals surface area contributed by atoms with Crippen LogP contribution in [-0.2, 0) is 0 Å². The molecule has 1 N–H and O–H groups in total. The van der Waals surface area contributed by atoms with Gasteiger partial charge in [0.2, 0.25) is 0 Å². The number of hydrogen-bond donors (Lipinski definition) is 1. The number of nitrogens with zero attached hydrogens (tertiary/aromatic N) is 2. The van der Waals surface area contributed by atoms with Crippen LogP contribution in [0.15, 0.2) is 12.4 Å². The van der Waals surface area contributed by atoms with E-state index in [1.165, 1.54) is 44.9 Å². The smallest absolute Gasteiger partial charge is 0.157 e. The Kier molecular flexibility index (Phi) is 3.84. The van der Waals surface area contributed by atoms with Gasteiger partial charge in [-0.15, -0.1) is 0 Å². The summed E-state index contributed by atoms with van der Waals surface area (Å²) in [5.74, 6) is 0.925. The van der Waals surface area contributed by atoms with E-state index in [0.717, 1.165) is 18.9 Å². The summed E-state index contributed by atoms with van der Waals surface area (Å²) < 4.78 is 7.93. The lowest BCUT2D eigenvalue weighted by Gasteiger charge is -2.22. The minimum atomic E-state index is 0.522. The summed E-state index contributed by atoms with van der Waals surface area (Å²) in [7, 11) is 0. The summed E-state index contributed by atoms with van der Waals surface area (Å²) in [5.41, 5.74) is 0. The van der Waals surface area contributed by atoms with Gasteiger partial charge in [-0.25, -0.2) is 0 Å². The van der Waals surface area contributed by atoms with Crippen LogP contribution < -0.4 is 10.1 Å². The number of aromatic nitrogens is 2. The molecule has 0 aromatic carbocycles. The molecular formula is C14H23N3O. The highest BCUT2D eigenvalue weighted by atomic mass is 16.5. The second-order valence-corrected chi connectivity index (χ2v) is 5.55. The van der Waals surface area contributed by atoms with E-state index in [1.807, 2.05) is 6.20 Å². The second kappa shape index (κ2) is 5.74. The maximum atomic E-state index is 5.84. The van der Waals surface area contributed by atoms with E-state index in [0.29, 0.717) is 12.1 Å². The van der Waals surface area contributed by atoms with Crippen LogP contribution in [0.4, 0.5) is 0 Å². The fraction of sp³-hybridized carbons (Fsp3) is 0.786. The Balaban J connectivity index is 1.50. The molecule has 1 aliphatic carbocycles. The Bertz CT molecular complexity index is 365. The first kappa shape index (κ1) is 12.0. The van der Waals surface area contributed by atoms with Crippen molar-refractivity contribution < 1.29 is 4.74 Å². The van der Waals surface area contributed by atoms with Crippen LogP contribution in [0.1, 0.15) is 51.0 Å². The first-order chi connectivity index (χ1) is 8.92. The zero-order chi connectivity index (χ0) is 12.2. The molecule has 0 spiro atoms. The van der Waals surface area contributed by atoms with Crippen LogP contribution in [0, 0.1) is 0 Å². The molecule has 0 amide bonds. The summed E-state index contributed by atoms with van der Waals surface area (Å²) in [6, 6.07) is 1.13. The summed E-state index contributed by atoms with van der Waals surface area (Å²) >= 11 is 0. The average Bonchev–Trinajstić information content (AvgIpc) is 3.08. The van der Waals surface area contributed by atoms with Gasteiger partial charge >= 0.3 is 0 Å². The van der Waals surface area contributed by atoms with Gasteiger partial charge in [-0.05, 0) is 32.2 Å². The number of nitrogens with one attached hydrogen (secondary N) is 1. The van der Waals surface area contributed by atoms with Gasteiger partial charge in [0.15, 0.2) is 5.75 Å². The van der Waals surface area contributed by atoms with Gasteiger partial charge in [0.1, 0.15) is 6.61 Å². The van der Waals surface area contributed by atoms with Crippen LogP contribution in [0.3, 0.4) is 0 Å². The number of rotatable bonds is 4. The molecule has 18 heavy (non-hydrogen) atoms. The molecule has 1 saturated heterocycles. The molecule has 100 valence electrons. The van der Waals surface area contributed by atoms with E-state index >= 15 is 0 Å². The predicted octanol–water partition coefficient (Wildman–Crippen LogP) is 2.52. The standard InChI is InChI=1S/C14H23N3O/c1-2-7-13(6-1)17-10-14(9-16-17)18-11-12-5-3-4-8-15-12/h9-10,12-13,15H,1-8,11H2. The third-order valence-corrected chi connectivity index (χ3v) is 4.14. The van der Waals surface area contributed by atoms with Gasteiger partial charge in [0.05, 0.1) is 18.4 Å². The van der Waals surface area contributed by atoms with Crippen LogP contribution in [0.5, 0.6) is 5.75 Å². The Morgan fingerprint density at radius 3 is 2.83 bits per heavy atom. The Hall–Kier alpha value is -1.03. The zero-order valence-electron chi connectivity index (χ0n) is 11.0. The van der Waals surface area contributed by atoms with Crippen molar-refractivity contribution >= 4 is 0 Å². The monoisotopic (exact) mass is 249 g/mol. The van der Waals surface area contributed by atoms with Crippen molar-refractivity contribution in [1.29, 1.82) is 0 Å². The van der Waals surface area contributed by atoms with Crippen molar-refractivity contribution in [2.75, 3.05) is 13.2 Å². The van der Waals surface area contributed by atoms with Gasteiger partial charge in [-0.2, -0.15) is 5.10 Å². The minimum absolute atomic E-state index is 0.522. The van der Waals surface area contributed by atoms with Crippen molar-refractivity contribution in [2.24, 2.45) is 0 Å². The van der Waals surface area contributed by atoms with Crippen LogP contribution in [0.25, 0.3) is 0 Å². The summed E-state index contributed by atoms with van der Waals surface area (Å²) in [6.07, 6.45) is 13.0. The third kappa shape index (κ3) is 2.86. The third-order valence-electron chi connectivity index (χ3n) is 4.14. The van der Waals surface area contributed by atoms with Gasteiger partial charge in [-0.3, -0.25) is 4.68 Å². The molecule has 1 aromatic heterocycles. The number of piperidine rings is 1. The lowest BCUT2D eigenvalue weighted by atomic mass is 10.1. The van der Waals surface area contributed by atoms with Crippen molar-refractivity contribution in [3.8, 4) is 5.75 Å². The van der Waals surface area contributed by atoms with Crippen molar-refractivity contribution in [2.45, 2.75) is 57.0 Å². The van der Waals surface area contributed by atoms with Gasteiger partial charge in [0, 0.05) is 6.04 Å². The molecule has 1 aliphatic heterocycles. The molecular weight excluding hydrogens is 226 g/mol. The lowest BCUT2D eigenvalue weighted by molar-refractivity contribution is 0.238. The molecule has 2 fully saturated rings. The number of ether oxygens (including phenoxy) is 1. The Morgan fingerprint density at radius 2 is 2.06 bits per heavy atom. The maximum absolute atomic E-state index is 5.84. The fourth-order valence-corrected chi connectivity index (χ4v) is 3.03. The Labute approximate surface area is 109 Å². The first-order valence-corrected chi connectivity index (χ1v) is 7.32. The van der Waals surface area contributed by atoms with E-state index in [1.54, 1.807) is 0 Å². The van der Waals surface area contributed by atoms with E-state index in [9.17, 15) is 0 Å². The largest absolute Gasteiger partial charge is 0.489 e. The van der Waals surface area contributed by atoms with Gasteiger partial charge in [0.25, 0.3) is 0 Å². The quantitative estimate of drug-likeness (QED) is 0.891. The molecule has 1 aromatic rings. The first-order valence-electron chi connectivity index (χ1n) is 7.32. The van der Waals surface area contributed by atoms with Crippen molar-refractivity contribution in [1.82, 2.24) is 15.1 Å². The SMILES string of the molecule is c1nn(C2CCCC2)cc1OCC1CCCCN1. The van der Waals surface area contributed by atoms with Crippen molar-refractivity contribution in [3.05, 3.63) is 12.4 Å². The fourth-order valence-electron chi connectivity index (χ4n) is 3.03. The predicted molar refractivity (Wildman–Crippen MR) is 70.9 cm³/mol. The average molecular weight is 249 g/mol. The summed E-state index contributed by atoms with van der Waals surface area (Å²) in [5, 5.41) is 7.93. The summed E-state index contributed by atoms with van der Waals surface area (Å²) in [6.45, 7) is 1.91. The van der Waals surface area contributed by atoms with Crippen LogP contribution in [0.2, 0.25) is 0 Å². The molecule has 3 rings (SSSR count). The highest BCUT2D eigenvalue weighted by Gasteiger charge is 2.18.